The molecular formula is C29H28ClN3OS. The Labute approximate surface area is 216 Å². The third-order valence-corrected chi connectivity index (χ3v) is 7.27. The first-order valence-electron chi connectivity index (χ1n) is 11.4. The third-order valence-electron chi connectivity index (χ3n) is 5.94. The zero-order valence-electron chi connectivity index (χ0n) is 20.3. The number of hydrazone groups is 1. The van der Waals surface area contributed by atoms with Crippen molar-refractivity contribution in [3.63, 3.8) is 0 Å². The van der Waals surface area contributed by atoms with E-state index in [-0.39, 0.29) is 5.91 Å². The summed E-state index contributed by atoms with van der Waals surface area (Å²) >= 11 is 7.67. The molecule has 3 aromatic carbocycles. The number of thioether (sulfide) groups is 1. The Morgan fingerprint density at radius 3 is 2.29 bits per heavy atom. The molecule has 35 heavy (non-hydrogen) atoms. The van der Waals surface area contributed by atoms with Crippen LogP contribution >= 0.6 is 23.4 Å². The van der Waals surface area contributed by atoms with Crippen molar-refractivity contribution < 1.29 is 4.79 Å². The highest BCUT2D eigenvalue weighted by atomic mass is 35.5. The van der Waals surface area contributed by atoms with Crippen LogP contribution in [0.5, 0.6) is 0 Å². The largest absolute Gasteiger partial charge is 0.317 e. The number of nitrogens with one attached hydrogen (secondary N) is 1. The van der Waals surface area contributed by atoms with Gasteiger partial charge in [0.05, 0.1) is 11.9 Å². The van der Waals surface area contributed by atoms with Gasteiger partial charge < -0.3 is 4.57 Å². The number of benzene rings is 3. The zero-order chi connectivity index (χ0) is 24.9. The number of carbonyl (C=O) groups excluding carboxylic acids is 1. The maximum Gasteiger partial charge on any atom is 0.271 e. The van der Waals surface area contributed by atoms with E-state index in [9.17, 15) is 4.79 Å². The maximum absolute atomic E-state index is 12.6. The van der Waals surface area contributed by atoms with Crippen molar-refractivity contribution in [3.8, 4) is 5.69 Å². The van der Waals surface area contributed by atoms with Gasteiger partial charge in [0, 0.05) is 38.2 Å². The zero-order valence-corrected chi connectivity index (χ0v) is 21.9. The Hall–Kier alpha value is -3.28. The molecular weight excluding hydrogens is 474 g/mol. The molecule has 0 bridgehead atoms. The number of para-hydroxylation sites is 1. The average molecular weight is 502 g/mol. The predicted octanol–water partition coefficient (Wildman–Crippen LogP) is 7.42. The van der Waals surface area contributed by atoms with Crippen LogP contribution in [-0.2, 0) is 5.75 Å². The van der Waals surface area contributed by atoms with Gasteiger partial charge in [0.2, 0.25) is 0 Å². The Kier molecular flexibility index (Phi) is 7.79. The summed E-state index contributed by atoms with van der Waals surface area (Å²) in [5, 5.41) is 4.96. The van der Waals surface area contributed by atoms with Gasteiger partial charge in [0.25, 0.3) is 5.91 Å². The van der Waals surface area contributed by atoms with Gasteiger partial charge in [-0.15, -0.1) is 11.8 Å². The Bertz CT molecular complexity index is 1350. The minimum absolute atomic E-state index is 0.235. The van der Waals surface area contributed by atoms with Gasteiger partial charge in [0.1, 0.15) is 0 Å². The summed E-state index contributed by atoms with van der Waals surface area (Å²) in [6, 6.07) is 23.8. The second-order valence-corrected chi connectivity index (χ2v) is 10.0. The summed E-state index contributed by atoms with van der Waals surface area (Å²) in [5.41, 5.74) is 11.2. The van der Waals surface area contributed by atoms with Crippen molar-refractivity contribution in [2.75, 3.05) is 0 Å². The van der Waals surface area contributed by atoms with Gasteiger partial charge in [-0.3, -0.25) is 4.79 Å². The number of halogens is 1. The Morgan fingerprint density at radius 1 is 0.971 bits per heavy atom. The van der Waals surface area contributed by atoms with Crippen LogP contribution in [0.3, 0.4) is 0 Å². The van der Waals surface area contributed by atoms with Gasteiger partial charge in [-0.25, -0.2) is 5.43 Å². The lowest BCUT2D eigenvalue weighted by Crippen LogP contribution is -2.17. The first-order chi connectivity index (χ1) is 16.8. The molecule has 0 radical (unpaired) electrons. The molecule has 0 fully saturated rings. The van der Waals surface area contributed by atoms with E-state index in [0.29, 0.717) is 5.56 Å². The topological polar surface area (TPSA) is 46.4 Å². The number of nitrogens with zero attached hydrogens (tertiary/aromatic N) is 2. The van der Waals surface area contributed by atoms with Crippen molar-refractivity contribution in [1.29, 1.82) is 0 Å². The second kappa shape index (κ2) is 11.0. The van der Waals surface area contributed by atoms with E-state index < -0.39 is 0 Å². The van der Waals surface area contributed by atoms with Crippen LogP contribution in [0, 0.1) is 27.7 Å². The SMILES string of the molecule is Cc1cccc(C)c1-n1c(C)cc(/C=N\NC(=O)c2ccc(CSc3ccc(Cl)cc3)cc2)c1C. The molecule has 6 heteroatoms. The summed E-state index contributed by atoms with van der Waals surface area (Å²) in [4.78, 5) is 13.7. The number of carbonyl (C=O) groups is 1. The minimum atomic E-state index is -0.235. The predicted molar refractivity (Wildman–Crippen MR) is 147 cm³/mol. The van der Waals surface area contributed by atoms with Gasteiger partial charge in [-0.1, -0.05) is 41.9 Å². The van der Waals surface area contributed by atoms with Crippen molar-refractivity contribution in [2.45, 2.75) is 38.3 Å². The van der Waals surface area contributed by atoms with Crippen molar-refractivity contribution in [3.05, 3.63) is 117 Å². The van der Waals surface area contributed by atoms with Crippen LogP contribution in [-0.4, -0.2) is 16.7 Å². The molecule has 0 spiro atoms. The van der Waals surface area contributed by atoms with Crippen LogP contribution in [0.25, 0.3) is 5.69 Å². The van der Waals surface area contributed by atoms with Crippen LogP contribution in [0.2, 0.25) is 5.02 Å². The van der Waals surface area contributed by atoms with E-state index in [1.807, 2.05) is 48.5 Å². The first kappa shape index (κ1) is 24.8. The number of hydrogen-bond acceptors (Lipinski definition) is 3. The van der Waals surface area contributed by atoms with Crippen molar-refractivity contribution in [2.24, 2.45) is 5.10 Å². The fraction of sp³-hybridized carbons (Fsp3) is 0.172. The number of aryl methyl sites for hydroxylation is 3. The van der Waals surface area contributed by atoms with Crippen LogP contribution in [0.1, 0.15) is 44.0 Å². The molecule has 0 aliphatic heterocycles. The molecule has 4 rings (SSSR count). The van der Waals surface area contributed by atoms with E-state index in [1.54, 1.807) is 18.0 Å². The lowest BCUT2D eigenvalue weighted by Gasteiger charge is -2.15. The quantitative estimate of drug-likeness (QED) is 0.163. The van der Waals surface area contributed by atoms with E-state index in [4.69, 9.17) is 11.6 Å². The smallest absolute Gasteiger partial charge is 0.271 e. The molecule has 0 unspecified atom stereocenters. The fourth-order valence-corrected chi connectivity index (χ4v) is 5.08. The minimum Gasteiger partial charge on any atom is -0.317 e. The van der Waals surface area contributed by atoms with E-state index >= 15 is 0 Å². The summed E-state index contributed by atoms with van der Waals surface area (Å²) in [6.45, 7) is 8.40. The molecule has 0 atom stereocenters. The highest BCUT2D eigenvalue weighted by Gasteiger charge is 2.13. The summed E-state index contributed by atoms with van der Waals surface area (Å²) in [6.07, 6.45) is 1.71. The van der Waals surface area contributed by atoms with Gasteiger partial charge in [0.15, 0.2) is 0 Å². The molecule has 4 aromatic rings. The maximum atomic E-state index is 12.6. The van der Waals surface area contributed by atoms with E-state index in [0.717, 1.165) is 38.2 Å². The second-order valence-electron chi connectivity index (χ2n) is 8.54. The summed E-state index contributed by atoms with van der Waals surface area (Å²) in [7, 11) is 0. The number of hydrogen-bond donors (Lipinski definition) is 1. The highest BCUT2D eigenvalue weighted by molar-refractivity contribution is 7.98. The Balaban J connectivity index is 1.39. The molecule has 1 amide bonds. The van der Waals surface area contributed by atoms with Crippen molar-refractivity contribution in [1.82, 2.24) is 9.99 Å². The van der Waals surface area contributed by atoms with E-state index in [1.165, 1.54) is 16.8 Å². The molecule has 0 aliphatic rings. The molecule has 1 N–H and O–H groups in total. The third kappa shape index (κ3) is 5.87. The van der Waals surface area contributed by atoms with Gasteiger partial charge in [-0.2, -0.15) is 5.10 Å². The normalized spacial score (nSPS) is 11.2. The molecule has 0 aliphatic carbocycles. The standard InChI is InChI=1S/C29H28ClN3OS/c1-19-6-5-7-20(2)28(19)33-21(3)16-25(22(33)4)17-31-32-29(34)24-10-8-23(9-11-24)18-35-27-14-12-26(30)13-15-27/h5-17H,18H2,1-4H3,(H,32,34)/b31-17-. The van der Waals surface area contributed by atoms with Gasteiger partial charge in [-0.05, 0) is 86.8 Å². The highest BCUT2D eigenvalue weighted by Crippen LogP contribution is 2.26. The molecule has 0 saturated heterocycles. The number of rotatable bonds is 7. The fourth-order valence-electron chi connectivity index (χ4n) is 4.10. The molecule has 4 nitrogen and oxygen atoms in total. The molecule has 1 heterocycles. The molecule has 178 valence electrons. The van der Waals surface area contributed by atoms with Crippen LogP contribution in [0.4, 0.5) is 0 Å². The van der Waals surface area contributed by atoms with Crippen LogP contribution in [0.15, 0.2) is 82.8 Å². The summed E-state index contributed by atoms with van der Waals surface area (Å²) < 4.78 is 2.24. The first-order valence-corrected chi connectivity index (χ1v) is 12.8. The van der Waals surface area contributed by atoms with Gasteiger partial charge >= 0.3 is 0 Å². The van der Waals surface area contributed by atoms with Crippen LogP contribution < -0.4 is 5.43 Å². The molecule has 0 saturated carbocycles. The average Bonchev–Trinajstić information content (AvgIpc) is 3.12. The Morgan fingerprint density at radius 2 is 1.63 bits per heavy atom. The summed E-state index contributed by atoms with van der Waals surface area (Å²) in [5.74, 6) is 0.583. The van der Waals surface area contributed by atoms with Crippen molar-refractivity contribution >= 4 is 35.5 Å². The number of aromatic nitrogens is 1. The monoisotopic (exact) mass is 501 g/mol. The van der Waals surface area contributed by atoms with E-state index in [2.05, 4.69) is 67.1 Å². The lowest BCUT2D eigenvalue weighted by atomic mass is 10.1. The molecule has 1 aromatic heterocycles. The number of amides is 1. The lowest BCUT2D eigenvalue weighted by molar-refractivity contribution is 0.0955.